The Morgan fingerprint density at radius 1 is 1.31 bits per heavy atom. The minimum absolute atomic E-state index is 1.07. The fraction of sp³-hybridized carbons (Fsp3) is 0.250. The van der Waals surface area contributed by atoms with Crippen LogP contribution >= 0.6 is 0 Å². The third-order valence-corrected chi connectivity index (χ3v) is 3.09. The van der Waals surface area contributed by atoms with Gasteiger partial charge in [0.2, 0.25) is 0 Å². The maximum Gasteiger partial charge on any atom is -0.00820 e. The van der Waals surface area contributed by atoms with Crippen molar-refractivity contribution < 1.29 is 0 Å². The van der Waals surface area contributed by atoms with Gasteiger partial charge in [-0.3, -0.25) is 0 Å². The Morgan fingerprint density at radius 2 is 2.12 bits per heavy atom. The molecule has 0 aliphatic heterocycles. The molecule has 1 aromatic rings. The van der Waals surface area contributed by atoms with Crippen LogP contribution in [0.3, 0.4) is 0 Å². The van der Waals surface area contributed by atoms with E-state index in [-0.39, 0.29) is 0 Å². The lowest BCUT2D eigenvalue weighted by Gasteiger charge is -2.02. The number of hydrogen-bond donors (Lipinski definition) is 0. The van der Waals surface area contributed by atoms with E-state index in [1.54, 1.807) is 0 Å². The summed E-state index contributed by atoms with van der Waals surface area (Å²) in [4.78, 5) is 0. The van der Waals surface area contributed by atoms with Crippen LogP contribution in [0.4, 0.5) is 0 Å². The predicted octanol–water partition coefficient (Wildman–Crippen LogP) is 4.46. The summed E-state index contributed by atoms with van der Waals surface area (Å²) < 4.78 is 0. The Morgan fingerprint density at radius 3 is 2.88 bits per heavy atom. The average Bonchev–Trinajstić information content (AvgIpc) is 2.68. The predicted molar refractivity (Wildman–Crippen MR) is 71.4 cm³/mol. The third kappa shape index (κ3) is 2.16. The van der Waals surface area contributed by atoms with Crippen LogP contribution in [-0.2, 0) is 6.42 Å². The molecule has 2 rings (SSSR count). The van der Waals surface area contributed by atoms with Gasteiger partial charge in [0, 0.05) is 0 Å². The second kappa shape index (κ2) is 4.52. The monoisotopic (exact) mass is 210 g/mol. The summed E-state index contributed by atoms with van der Waals surface area (Å²) in [7, 11) is 0. The molecule has 0 amide bonds. The van der Waals surface area contributed by atoms with Crippen LogP contribution < -0.4 is 0 Å². The van der Waals surface area contributed by atoms with E-state index in [1.807, 2.05) is 0 Å². The fourth-order valence-corrected chi connectivity index (χ4v) is 1.98. The van der Waals surface area contributed by atoms with E-state index in [2.05, 4.69) is 63.3 Å². The zero-order chi connectivity index (χ0) is 11.5. The van der Waals surface area contributed by atoms with Gasteiger partial charge in [-0.25, -0.2) is 0 Å². The van der Waals surface area contributed by atoms with Gasteiger partial charge in [0.25, 0.3) is 0 Å². The minimum Gasteiger partial charge on any atom is -0.0847 e. The highest BCUT2D eigenvalue weighted by molar-refractivity contribution is 5.80. The van der Waals surface area contributed by atoms with Crippen molar-refractivity contribution in [3.8, 4) is 0 Å². The zero-order valence-electron chi connectivity index (χ0n) is 10.2. The van der Waals surface area contributed by atoms with Crippen molar-refractivity contribution in [2.45, 2.75) is 27.2 Å². The molecule has 0 saturated heterocycles. The second-order valence-corrected chi connectivity index (χ2v) is 4.39. The van der Waals surface area contributed by atoms with Crippen molar-refractivity contribution in [1.29, 1.82) is 0 Å². The molecule has 1 aliphatic carbocycles. The van der Waals surface area contributed by atoms with Crippen molar-refractivity contribution in [2.24, 2.45) is 0 Å². The summed E-state index contributed by atoms with van der Waals surface area (Å²) in [5.41, 5.74) is 6.86. The molecule has 0 atom stereocenters. The summed E-state index contributed by atoms with van der Waals surface area (Å²) in [6.45, 7) is 6.35. The molecular formula is C16H18. The van der Waals surface area contributed by atoms with Crippen LogP contribution in [0.5, 0.6) is 0 Å². The van der Waals surface area contributed by atoms with Crippen molar-refractivity contribution >= 4 is 5.57 Å². The van der Waals surface area contributed by atoms with Crippen molar-refractivity contribution in [1.82, 2.24) is 0 Å². The Bertz CT molecular complexity index is 485. The Kier molecular flexibility index (Phi) is 3.09. The van der Waals surface area contributed by atoms with Gasteiger partial charge in [0.05, 0.1) is 0 Å². The van der Waals surface area contributed by atoms with Crippen LogP contribution in [0, 0.1) is 6.92 Å². The van der Waals surface area contributed by atoms with Crippen LogP contribution in [-0.4, -0.2) is 0 Å². The lowest BCUT2D eigenvalue weighted by molar-refractivity contribution is 1.28. The molecular weight excluding hydrogens is 192 g/mol. The molecule has 0 unspecified atom stereocenters. The van der Waals surface area contributed by atoms with E-state index in [1.165, 1.54) is 27.8 Å². The molecule has 16 heavy (non-hydrogen) atoms. The van der Waals surface area contributed by atoms with E-state index in [0.717, 1.165) is 6.42 Å². The van der Waals surface area contributed by atoms with Crippen LogP contribution in [0.25, 0.3) is 5.57 Å². The highest BCUT2D eigenvalue weighted by atomic mass is 14.2. The smallest absolute Gasteiger partial charge is 0.00820 e. The third-order valence-electron chi connectivity index (χ3n) is 3.09. The van der Waals surface area contributed by atoms with Gasteiger partial charge in [-0.15, -0.1) is 0 Å². The van der Waals surface area contributed by atoms with E-state index < -0.39 is 0 Å². The van der Waals surface area contributed by atoms with Crippen molar-refractivity contribution in [3.63, 3.8) is 0 Å². The van der Waals surface area contributed by atoms with Gasteiger partial charge in [0.1, 0.15) is 0 Å². The van der Waals surface area contributed by atoms with Gasteiger partial charge in [-0.05, 0) is 43.9 Å². The van der Waals surface area contributed by atoms with E-state index >= 15 is 0 Å². The average molecular weight is 210 g/mol. The molecule has 1 aromatic carbocycles. The van der Waals surface area contributed by atoms with Gasteiger partial charge in [0.15, 0.2) is 0 Å². The maximum atomic E-state index is 2.31. The Balaban J connectivity index is 2.26. The van der Waals surface area contributed by atoms with Gasteiger partial charge >= 0.3 is 0 Å². The molecule has 82 valence electrons. The summed E-state index contributed by atoms with van der Waals surface area (Å²) >= 11 is 0. The summed E-state index contributed by atoms with van der Waals surface area (Å²) in [6.07, 6.45) is 9.91. The lowest BCUT2D eigenvalue weighted by atomic mass is 10.0. The molecule has 0 saturated carbocycles. The molecule has 0 fully saturated rings. The number of allylic oxidation sites excluding steroid dienone is 6. The molecule has 0 aromatic heterocycles. The Hall–Kier alpha value is -1.56. The van der Waals surface area contributed by atoms with Crippen LogP contribution in [0.15, 0.2) is 48.1 Å². The topological polar surface area (TPSA) is 0 Å². The summed E-state index contributed by atoms with van der Waals surface area (Å²) in [5.74, 6) is 0. The van der Waals surface area contributed by atoms with Crippen molar-refractivity contribution in [2.75, 3.05) is 0 Å². The summed E-state index contributed by atoms with van der Waals surface area (Å²) in [5, 5.41) is 0. The Labute approximate surface area is 98.0 Å². The van der Waals surface area contributed by atoms with E-state index in [0.29, 0.717) is 0 Å². The first-order valence-corrected chi connectivity index (χ1v) is 5.82. The number of rotatable bonds is 2. The molecule has 0 heterocycles. The molecule has 0 radical (unpaired) electrons. The summed E-state index contributed by atoms with van der Waals surface area (Å²) in [6, 6.07) is 6.71. The van der Waals surface area contributed by atoms with E-state index in [9.17, 15) is 0 Å². The highest BCUT2D eigenvalue weighted by Crippen LogP contribution is 2.29. The first kappa shape index (κ1) is 10.9. The van der Waals surface area contributed by atoms with Crippen LogP contribution in [0.1, 0.15) is 30.5 Å². The molecule has 0 heteroatoms. The standard InChI is InChI=1S/C16H18/c1-4-12(2)5-7-14-8-9-15-11-13(3)6-10-16(14)15/h4-8,10-11H,9H2,1-3H3/b7-5-,12-4-. The second-order valence-electron chi connectivity index (χ2n) is 4.39. The van der Waals surface area contributed by atoms with Gasteiger partial charge in [-0.2, -0.15) is 0 Å². The normalized spacial score (nSPS) is 15.4. The highest BCUT2D eigenvalue weighted by Gasteiger charge is 2.11. The van der Waals surface area contributed by atoms with Crippen molar-refractivity contribution in [3.05, 3.63) is 64.8 Å². The number of benzene rings is 1. The SMILES string of the molecule is C/C=C(C)\C=C/C1=CCc2cc(C)ccc21. The lowest BCUT2D eigenvalue weighted by Crippen LogP contribution is -1.84. The largest absolute Gasteiger partial charge is 0.0847 e. The van der Waals surface area contributed by atoms with Gasteiger partial charge < -0.3 is 0 Å². The van der Waals surface area contributed by atoms with Gasteiger partial charge in [-0.1, -0.05) is 53.6 Å². The first-order valence-electron chi connectivity index (χ1n) is 5.82. The fourth-order valence-electron chi connectivity index (χ4n) is 1.98. The zero-order valence-corrected chi connectivity index (χ0v) is 10.2. The van der Waals surface area contributed by atoms with E-state index in [4.69, 9.17) is 0 Å². The van der Waals surface area contributed by atoms with Crippen LogP contribution in [0.2, 0.25) is 0 Å². The molecule has 0 N–H and O–H groups in total. The quantitative estimate of drug-likeness (QED) is 0.632. The maximum absolute atomic E-state index is 2.31. The molecule has 1 aliphatic rings. The molecule has 0 spiro atoms. The number of aryl methyl sites for hydroxylation is 1. The number of fused-ring (bicyclic) bond motifs is 1. The molecule has 0 nitrogen and oxygen atoms in total. The minimum atomic E-state index is 1.07. The first-order chi connectivity index (χ1) is 7.70. The number of hydrogen-bond acceptors (Lipinski definition) is 0. The molecule has 0 bridgehead atoms.